The average Bonchev–Trinajstić information content (AvgIpc) is 3.47. The van der Waals surface area contributed by atoms with Crippen LogP contribution in [0.3, 0.4) is 0 Å². The molecule has 0 aliphatic heterocycles. The predicted molar refractivity (Wildman–Crippen MR) is 104 cm³/mol. The Hall–Kier alpha value is -3.09. The lowest BCUT2D eigenvalue weighted by molar-refractivity contribution is 0.284. The van der Waals surface area contributed by atoms with Crippen LogP contribution in [0.4, 0.5) is 10.2 Å². The van der Waals surface area contributed by atoms with Gasteiger partial charge in [0.05, 0.1) is 6.61 Å². The number of rotatable bonds is 7. The van der Waals surface area contributed by atoms with Gasteiger partial charge in [0, 0.05) is 48.1 Å². The summed E-state index contributed by atoms with van der Waals surface area (Å²) in [5.41, 5.74) is 2.52. The Labute approximate surface area is 163 Å². The summed E-state index contributed by atoms with van der Waals surface area (Å²) >= 11 is 0. The van der Waals surface area contributed by atoms with Crippen molar-refractivity contribution in [2.45, 2.75) is 32.7 Å². The van der Waals surface area contributed by atoms with E-state index in [4.69, 9.17) is 4.74 Å². The number of nitrogens with one attached hydrogen (secondary N) is 1. The Bertz CT molecular complexity index is 966. The fourth-order valence-corrected chi connectivity index (χ4v) is 3.21. The first-order valence-corrected chi connectivity index (χ1v) is 9.33. The maximum atomic E-state index is 13.8. The van der Waals surface area contributed by atoms with Crippen molar-refractivity contribution in [3.8, 4) is 5.88 Å². The number of anilines is 1. The molecule has 144 valence electrons. The molecule has 1 aliphatic carbocycles. The van der Waals surface area contributed by atoms with Gasteiger partial charge in [0.2, 0.25) is 11.8 Å². The third-order valence-electron chi connectivity index (χ3n) is 4.76. The molecule has 1 aliphatic rings. The molecule has 6 nitrogen and oxygen atoms in total. The maximum absolute atomic E-state index is 13.8. The second-order valence-electron chi connectivity index (χ2n) is 7.12. The van der Waals surface area contributed by atoms with Crippen molar-refractivity contribution in [2.24, 2.45) is 5.92 Å². The summed E-state index contributed by atoms with van der Waals surface area (Å²) in [5.74, 6) is 2.15. The van der Waals surface area contributed by atoms with E-state index in [0.717, 1.165) is 17.7 Å². The molecular weight excluding hydrogens is 357 g/mol. The molecule has 0 unspecified atom stereocenters. The van der Waals surface area contributed by atoms with E-state index in [1.807, 2.05) is 25.3 Å². The lowest BCUT2D eigenvalue weighted by atomic mass is 10.2. The van der Waals surface area contributed by atoms with E-state index in [1.54, 1.807) is 19.1 Å². The van der Waals surface area contributed by atoms with Crippen LogP contribution in [0.5, 0.6) is 5.88 Å². The Morgan fingerprint density at radius 2 is 2.07 bits per heavy atom. The van der Waals surface area contributed by atoms with Gasteiger partial charge in [-0.3, -0.25) is 4.98 Å². The summed E-state index contributed by atoms with van der Waals surface area (Å²) in [7, 11) is 0. The largest absolute Gasteiger partial charge is 0.477 e. The summed E-state index contributed by atoms with van der Waals surface area (Å²) in [6, 6.07) is 9.50. The number of nitrogens with zero attached hydrogens (tertiary/aromatic N) is 4. The van der Waals surface area contributed by atoms with Gasteiger partial charge in [-0.1, -0.05) is 6.07 Å². The van der Waals surface area contributed by atoms with Crippen molar-refractivity contribution in [3.63, 3.8) is 0 Å². The van der Waals surface area contributed by atoms with Crippen LogP contribution in [0.15, 0.2) is 42.7 Å². The molecule has 0 saturated heterocycles. The van der Waals surface area contributed by atoms with Crippen molar-refractivity contribution in [1.82, 2.24) is 19.9 Å². The van der Waals surface area contributed by atoms with Gasteiger partial charge >= 0.3 is 0 Å². The number of pyridine rings is 2. The molecular formula is C21H22FN5O. The summed E-state index contributed by atoms with van der Waals surface area (Å²) in [6.45, 7) is 4.57. The molecule has 0 amide bonds. The van der Waals surface area contributed by atoms with Crippen LogP contribution in [0, 0.1) is 25.7 Å². The van der Waals surface area contributed by atoms with Crippen molar-refractivity contribution >= 4 is 5.82 Å². The first-order chi connectivity index (χ1) is 13.6. The Balaban J connectivity index is 1.36. The first kappa shape index (κ1) is 18.3. The van der Waals surface area contributed by atoms with Crippen LogP contribution in [0.1, 0.15) is 35.0 Å². The summed E-state index contributed by atoms with van der Waals surface area (Å²) in [4.78, 5) is 16.9. The minimum atomic E-state index is -0.477. The topological polar surface area (TPSA) is 72.8 Å². The second-order valence-corrected chi connectivity index (χ2v) is 7.12. The monoisotopic (exact) mass is 379 g/mol. The molecule has 2 atom stereocenters. The Morgan fingerprint density at radius 1 is 1.18 bits per heavy atom. The van der Waals surface area contributed by atoms with Gasteiger partial charge in [0.25, 0.3) is 0 Å². The van der Waals surface area contributed by atoms with Gasteiger partial charge in [-0.05, 0) is 44.0 Å². The molecule has 0 bridgehead atoms. The third-order valence-corrected chi connectivity index (χ3v) is 4.76. The smallest absolute Gasteiger partial charge is 0.218 e. The Morgan fingerprint density at radius 3 is 2.89 bits per heavy atom. The molecule has 28 heavy (non-hydrogen) atoms. The molecule has 4 rings (SSSR count). The van der Waals surface area contributed by atoms with E-state index in [0.29, 0.717) is 48.1 Å². The molecule has 0 radical (unpaired) electrons. The van der Waals surface area contributed by atoms with Crippen LogP contribution in [0.25, 0.3) is 0 Å². The summed E-state index contributed by atoms with van der Waals surface area (Å²) in [5, 5.41) is 3.13. The van der Waals surface area contributed by atoms with E-state index < -0.39 is 5.95 Å². The minimum Gasteiger partial charge on any atom is -0.477 e. The summed E-state index contributed by atoms with van der Waals surface area (Å²) < 4.78 is 19.7. The van der Waals surface area contributed by atoms with Gasteiger partial charge in [-0.25, -0.2) is 9.97 Å². The van der Waals surface area contributed by atoms with Crippen LogP contribution in [-0.4, -0.2) is 26.5 Å². The predicted octanol–water partition coefficient (Wildman–Crippen LogP) is 3.82. The molecule has 0 aromatic carbocycles. The van der Waals surface area contributed by atoms with E-state index in [-0.39, 0.29) is 0 Å². The second kappa shape index (κ2) is 7.88. The number of aromatic nitrogens is 4. The van der Waals surface area contributed by atoms with Crippen molar-refractivity contribution in [1.29, 1.82) is 0 Å². The van der Waals surface area contributed by atoms with Gasteiger partial charge in [-0.2, -0.15) is 9.37 Å². The van der Waals surface area contributed by atoms with Crippen molar-refractivity contribution in [3.05, 3.63) is 71.3 Å². The molecule has 3 aromatic rings. The molecule has 0 spiro atoms. The molecule has 1 fully saturated rings. The zero-order valence-electron chi connectivity index (χ0n) is 15.9. The van der Waals surface area contributed by atoms with Crippen LogP contribution < -0.4 is 10.1 Å². The number of hydrogen-bond donors (Lipinski definition) is 1. The molecule has 3 heterocycles. The van der Waals surface area contributed by atoms with Crippen LogP contribution in [0.2, 0.25) is 0 Å². The maximum Gasteiger partial charge on any atom is 0.218 e. The first-order valence-electron chi connectivity index (χ1n) is 9.33. The van der Waals surface area contributed by atoms with Crippen molar-refractivity contribution < 1.29 is 9.13 Å². The standard InChI is InChI=1S/C21H22FN5O/c1-13-7-15(21(22)25-10-13)11-24-19-9-20(27-14(2)26-19)28-12-16-8-17(16)18-5-3-4-6-23-18/h3-7,9-10,16-17H,8,11-12H2,1-2H3,(H,24,26,27)/t16-,17+/m1/s1. The highest BCUT2D eigenvalue weighted by Gasteiger charge is 2.39. The fourth-order valence-electron chi connectivity index (χ4n) is 3.21. The highest BCUT2D eigenvalue weighted by atomic mass is 19.1. The zero-order valence-corrected chi connectivity index (χ0v) is 15.9. The molecule has 1 N–H and O–H groups in total. The average molecular weight is 379 g/mol. The van der Waals surface area contributed by atoms with E-state index in [1.165, 1.54) is 6.20 Å². The SMILES string of the molecule is Cc1cnc(F)c(CNc2cc(OC[C@H]3C[C@@H]3c3ccccn3)nc(C)n2)c1. The molecule has 1 saturated carbocycles. The third kappa shape index (κ3) is 4.42. The van der Waals surface area contributed by atoms with Crippen LogP contribution in [-0.2, 0) is 6.54 Å². The fraction of sp³-hybridized carbons (Fsp3) is 0.333. The van der Waals surface area contributed by atoms with Gasteiger partial charge < -0.3 is 10.1 Å². The number of halogens is 1. The number of hydrogen-bond acceptors (Lipinski definition) is 6. The quantitative estimate of drug-likeness (QED) is 0.629. The number of ether oxygens (including phenoxy) is 1. The highest BCUT2D eigenvalue weighted by molar-refractivity contribution is 5.39. The number of aryl methyl sites for hydroxylation is 2. The van der Waals surface area contributed by atoms with Crippen molar-refractivity contribution in [2.75, 3.05) is 11.9 Å². The molecule has 7 heteroatoms. The lowest BCUT2D eigenvalue weighted by Crippen LogP contribution is -2.08. The normalized spacial score (nSPS) is 18.0. The zero-order chi connectivity index (χ0) is 19.5. The minimum absolute atomic E-state index is 0.292. The van der Waals surface area contributed by atoms with Gasteiger partial charge in [0.1, 0.15) is 11.6 Å². The van der Waals surface area contributed by atoms with Gasteiger partial charge in [0.15, 0.2) is 0 Å². The summed E-state index contributed by atoms with van der Waals surface area (Å²) in [6.07, 6.45) is 4.41. The highest BCUT2D eigenvalue weighted by Crippen LogP contribution is 2.46. The van der Waals surface area contributed by atoms with Crippen LogP contribution >= 0.6 is 0 Å². The van der Waals surface area contributed by atoms with Gasteiger partial charge in [-0.15, -0.1) is 0 Å². The van der Waals surface area contributed by atoms with E-state index in [2.05, 4.69) is 31.3 Å². The molecule has 3 aromatic heterocycles. The van der Waals surface area contributed by atoms with E-state index >= 15 is 0 Å². The van der Waals surface area contributed by atoms with E-state index in [9.17, 15) is 4.39 Å². The Kier molecular flexibility index (Phi) is 5.14. The lowest BCUT2D eigenvalue weighted by Gasteiger charge is -2.10.